The van der Waals surface area contributed by atoms with Crippen LogP contribution in [0.4, 0.5) is 0 Å². The van der Waals surface area contributed by atoms with Gasteiger partial charge in [0.15, 0.2) is 0 Å². The van der Waals surface area contributed by atoms with Crippen LogP contribution in [0, 0.1) is 5.92 Å². The molecule has 2 fully saturated rings. The quantitative estimate of drug-likeness (QED) is 0.672. The van der Waals surface area contributed by atoms with Crippen molar-refractivity contribution in [2.45, 2.75) is 57.7 Å². The first kappa shape index (κ1) is 12.8. The van der Waals surface area contributed by atoms with Crippen LogP contribution in [0.2, 0.25) is 0 Å². The minimum atomic E-state index is -0.710. The van der Waals surface area contributed by atoms with Crippen molar-refractivity contribution < 1.29 is 9.90 Å². The molecular formula is C13H24N2O2. The fourth-order valence-electron chi connectivity index (χ4n) is 2.10. The Kier molecular flexibility index (Phi) is 4.05. The zero-order valence-electron chi connectivity index (χ0n) is 10.9. The lowest BCUT2D eigenvalue weighted by atomic mass is 10.2. The predicted molar refractivity (Wildman–Crippen MR) is 67.0 cm³/mol. The molecule has 17 heavy (non-hydrogen) atoms. The minimum absolute atomic E-state index is 0.399. The van der Waals surface area contributed by atoms with Gasteiger partial charge in [0.25, 0.3) is 0 Å². The number of hydrogen-bond donors (Lipinski definition) is 2. The van der Waals surface area contributed by atoms with Gasteiger partial charge in [0.2, 0.25) is 0 Å². The molecule has 4 heteroatoms. The summed E-state index contributed by atoms with van der Waals surface area (Å²) in [5.74, 6) is 0.103. The predicted octanol–water partition coefficient (Wildman–Crippen LogP) is 1.31. The largest absolute Gasteiger partial charge is 0.480 e. The second-order valence-electron chi connectivity index (χ2n) is 5.82. The second kappa shape index (κ2) is 5.36. The molecule has 0 bridgehead atoms. The zero-order chi connectivity index (χ0) is 12.4. The summed E-state index contributed by atoms with van der Waals surface area (Å²) < 4.78 is 0. The van der Waals surface area contributed by atoms with E-state index in [2.05, 4.69) is 24.1 Å². The Morgan fingerprint density at radius 1 is 1.35 bits per heavy atom. The third kappa shape index (κ3) is 4.28. The maximum atomic E-state index is 11.2. The van der Waals surface area contributed by atoms with Crippen molar-refractivity contribution in [2.75, 3.05) is 13.1 Å². The van der Waals surface area contributed by atoms with E-state index in [0.717, 1.165) is 25.3 Å². The fourth-order valence-corrected chi connectivity index (χ4v) is 2.10. The molecule has 2 aliphatic carbocycles. The summed E-state index contributed by atoms with van der Waals surface area (Å²) in [6.45, 7) is 6.00. The Balaban J connectivity index is 1.84. The molecule has 2 aliphatic rings. The van der Waals surface area contributed by atoms with Gasteiger partial charge in [0.05, 0.1) is 0 Å². The maximum absolute atomic E-state index is 11.2. The maximum Gasteiger partial charge on any atom is 0.322 e. The van der Waals surface area contributed by atoms with Gasteiger partial charge in [-0.2, -0.15) is 0 Å². The average Bonchev–Trinajstić information content (AvgIpc) is 3.10. The fraction of sp³-hybridized carbons (Fsp3) is 0.923. The molecule has 1 unspecified atom stereocenters. The van der Waals surface area contributed by atoms with E-state index in [9.17, 15) is 9.90 Å². The van der Waals surface area contributed by atoms with Crippen molar-refractivity contribution >= 4 is 5.97 Å². The molecule has 4 nitrogen and oxygen atoms in total. The van der Waals surface area contributed by atoms with Crippen LogP contribution >= 0.6 is 0 Å². The number of nitrogens with one attached hydrogen (secondary N) is 1. The molecule has 0 aromatic rings. The monoisotopic (exact) mass is 240 g/mol. The van der Waals surface area contributed by atoms with E-state index in [-0.39, 0.29) is 0 Å². The normalized spacial score (nSPS) is 22.1. The van der Waals surface area contributed by atoms with E-state index in [1.165, 1.54) is 12.8 Å². The van der Waals surface area contributed by atoms with Crippen molar-refractivity contribution in [3.63, 3.8) is 0 Å². The zero-order valence-corrected chi connectivity index (χ0v) is 10.9. The summed E-state index contributed by atoms with van der Waals surface area (Å²) in [5.41, 5.74) is 0. The van der Waals surface area contributed by atoms with E-state index in [0.29, 0.717) is 18.6 Å². The number of nitrogens with zero attached hydrogens (tertiary/aromatic N) is 1. The smallest absolute Gasteiger partial charge is 0.322 e. The third-order valence-electron chi connectivity index (χ3n) is 3.65. The van der Waals surface area contributed by atoms with Crippen LogP contribution in [-0.4, -0.2) is 47.2 Å². The SMILES string of the molecule is CC(C)N(CC1CC1)CC(NC1CC1)C(=O)O. The number of rotatable bonds is 8. The van der Waals surface area contributed by atoms with Crippen molar-refractivity contribution in [3.05, 3.63) is 0 Å². The van der Waals surface area contributed by atoms with E-state index in [1.54, 1.807) is 0 Å². The molecule has 0 heterocycles. The van der Waals surface area contributed by atoms with Crippen molar-refractivity contribution in [1.82, 2.24) is 10.2 Å². The molecule has 0 radical (unpaired) electrons. The van der Waals surface area contributed by atoms with Gasteiger partial charge >= 0.3 is 5.97 Å². The third-order valence-corrected chi connectivity index (χ3v) is 3.65. The second-order valence-corrected chi connectivity index (χ2v) is 5.82. The van der Waals surface area contributed by atoms with Crippen LogP contribution in [0.25, 0.3) is 0 Å². The van der Waals surface area contributed by atoms with Gasteiger partial charge in [-0.1, -0.05) is 0 Å². The van der Waals surface area contributed by atoms with Gasteiger partial charge in [-0.3, -0.25) is 9.69 Å². The molecule has 2 saturated carbocycles. The van der Waals surface area contributed by atoms with Gasteiger partial charge in [-0.05, 0) is 45.4 Å². The van der Waals surface area contributed by atoms with Gasteiger partial charge in [0, 0.05) is 25.2 Å². The molecule has 1 atom stereocenters. The number of carboxylic acid groups (broad SMARTS) is 1. The highest BCUT2D eigenvalue weighted by molar-refractivity contribution is 5.73. The summed E-state index contributed by atoms with van der Waals surface area (Å²) >= 11 is 0. The van der Waals surface area contributed by atoms with Gasteiger partial charge < -0.3 is 10.4 Å². The van der Waals surface area contributed by atoms with E-state index in [1.807, 2.05) is 0 Å². The van der Waals surface area contributed by atoms with Gasteiger partial charge in [-0.15, -0.1) is 0 Å². The van der Waals surface area contributed by atoms with Crippen LogP contribution in [0.5, 0.6) is 0 Å². The number of hydrogen-bond acceptors (Lipinski definition) is 3. The highest BCUT2D eigenvalue weighted by Gasteiger charge is 2.32. The van der Waals surface area contributed by atoms with Gasteiger partial charge in [-0.25, -0.2) is 0 Å². The first-order valence-electron chi connectivity index (χ1n) is 6.79. The average molecular weight is 240 g/mol. The van der Waals surface area contributed by atoms with Gasteiger partial charge in [0.1, 0.15) is 6.04 Å². The lowest BCUT2D eigenvalue weighted by molar-refractivity contribution is -0.140. The Hall–Kier alpha value is -0.610. The molecule has 2 rings (SSSR count). The van der Waals surface area contributed by atoms with Crippen LogP contribution in [0.15, 0.2) is 0 Å². The lowest BCUT2D eigenvalue weighted by Gasteiger charge is -2.29. The molecular weight excluding hydrogens is 216 g/mol. The summed E-state index contributed by atoms with van der Waals surface area (Å²) in [6, 6.07) is 0.480. The molecule has 98 valence electrons. The van der Waals surface area contributed by atoms with Crippen LogP contribution in [0.3, 0.4) is 0 Å². The number of carbonyl (C=O) groups is 1. The lowest BCUT2D eigenvalue weighted by Crippen LogP contribution is -2.49. The van der Waals surface area contributed by atoms with E-state index in [4.69, 9.17) is 0 Å². The topological polar surface area (TPSA) is 52.6 Å². The molecule has 0 spiro atoms. The van der Waals surface area contributed by atoms with E-state index >= 15 is 0 Å². The first-order valence-corrected chi connectivity index (χ1v) is 6.79. The molecule has 0 aromatic heterocycles. The molecule has 0 aromatic carbocycles. The Morgan fingerprint density at radius 3 is 2.41 bits per heavy atom. The molecule has 0 saturated heterocycles. The van der Waals surface area contributed by atoms with Crippen molar-refractivity contribution in [3.8, 4) is 0 Å². The minimum Gasteiger partial charge on any atom is -0.480 e. The summed E-state index contributed by atoms with van der Waals surface area (Å²) in [5, 5.41) is 12.5. The van der Waals surface area contributed by atoms with Crippen molar-refractivity contribution in [2.24, 2.45) is 5.92 Å². The van der Waals surface area contributed by atoms with Crippen LogP contribution in [-0.2, 0) is 4.79 Å². The summed E-state index contributed by atoms with van der Waals surface area (Å²) in [7, 11) is 0. The Bertz CT molecular complexity index is 273. The Labute approximate surface area is 103 Å². The Morgan fingerprint density at radius 2 is 2.00 bits per heavy atom. The summed E-state index contributed by atoms with van der Waals surface area (Å²) in [6.07, 6.45) is 4.90. The molecule has 0 aliphatic heterocycles. The number of aliphatic carboxylic acids is 1. The standard InChI is InChI=1S/C13H24N2O2/c1-9(2)15(7-10-3-4-10)8-12(13(16)17)14-11-5-6-11/h9-12,14H,3-8H2,1-2H3,(H,16,17). The molecule has 0 amide bonds. The number of carboxylic acids is 1. The highest BCUT2D eigenvalue weighted by Crippen LogP contribution is 2.30. The first-order chi connectivity index (χ1) is 8.06. The highest BCUT2D eigenvalue weighted by atomic mass is 16.4. The molecule has 2 N–H and O–H groups in total. The van der Waals surface area contributed by atoms with Crippen LogP contribution in [0.1, 0.15) is 39.5 Å². The van der Waals surface area contributed by atoms with Crippen LogP contribution < -0.4 is 5.32 Å². The van der Waals surface area contributed by atoms with E-state index < -0.39 is 12.0 Å². The summed E-state index contributed by atoms with van der Waals surface area (Å²) in [4.78, 5) is 13.5. The van der Waals surface area contributed by atoms with Crippen molar-refractivity contribution in [1.29, 1.82) is 0 Å².